The van der Waals surface area contributed by atoms with E-state index in [-0.39, 0.29) is 29.3 Å². The van der Waals surface area contributed by atoms with E-state index < -0.39 is 0 Å². The molecule has 0 aliphatic carbocycles. The average molecular weight is 873 g/mol. The molecule has 0 aliphatic rings. The Morgan fingerprint density at radius 3 is 0.935 bits per heavy atom. The quantitative estimate of drug-likeness (QED) is 0.115. The van der Waals surface area contributed by atoms with Crippen LogP contribution in [0.1, 0.15) is 155 Å². The molecule has 362 valence electrons. The fourth-order valence-corrected chi connectivity index (χ4v) is 3.72. The van der Waals surface area contributed by atoms with Crippen LogP contribution in [0.5, 0.6) is 0 Å². The standard InChI is InChI=1S/2C10H19NO.C9H17NO.C9H16O.C8H14O.C7H15N/c2*1-9(2)7-5-6-8-10(12)11(3)4;1-8(2)6-5-7-9(11)10(3)4;1-8(2)6-4-5-7-9(3)10;1-7(2)5-4-6-8(3)9;1-4-5-8-6-7(2)3/h2*6,8-9H,5,7H2,1-4H3;5,7-8H,6H2,1-4H3;5,7-8H,4,6H2,1-3H3;4,6-7H,5H2,1-3H3;4-5,7-8H,6H2,1-3H3/b2*8-6+;2*7-5+;6-4+;5-4+. The lowest BCUT2D eigenvalue weighted by molar-refractivity contribution is -0.124. The van der Waals surface area contributed by atoms with Crippen LogP contribution in [-0.4, -0.2) is 92.8 Å². The minimum Gasteiger partial charge on any atom is -0.391 e. The van der Waals surface area contributed by atoms with Crippen LogP contribution in [0, 0.1) is 35.5 Å². The minimum absolute atomic E-state index is 0.0608. The van der Waals surface area contributed by atoms with Crippen molar-refractivity contribution in [1.82, 2.24) is 20.0 Å². The van der Waals surface area contributed by atoms with Crippen LogP contribution in [0.3, 0.4) is 0 Å². The number of rotatable bonds is 21. The molecule has 3 amide bonds. The fourth-order valence-electron chi connectivity index (χ4n) is 3.72. The summed E-state index contributed by atoms with van der Waals surface area (Å²) in [7, 11) is 10.5. The van der Waals surface area contributed by atoms with Gasteiger partial charge in [0.05, 0.1) is 0 Å². The molecular weight excluding hydrogens is 773 g/mol. The molecular formula is C53H100N4O5. The van der Waals surface area contributed by atoms with Gasteiger partial charge < -0.3 is 20.0 Å². The first-order valence-electron chi connectivity index (χ1n) is 23.0. The van der Waals surface area contributed by atoms with Crippen molar-refractivity contribution in [3.8, 4) is 0 Å². The molecule has 0 aromatic carbocycles. The van der Waals surface area contributed by atoms with E-state index in [0.29, 0.717) is 23.7 Å². The molecule has 0 fully saturated rings. The van der Waals surface area contributed by atoms with E-state index in [1.807, 2.05) is 49.6 Å². The van der Waals surface area contributed by atoms with Crippen LogP contribution < -0.4 is 5.32 Å². The summed E-state index contributed by atoms with van der Waals surface area (Å²) in [6, 6.07) is 0. The van der Waals surface area contributed by atoms with E-state index in [1.165, 1.54) is 6.42 Å². The summed E-state index contributed by atoms with van der Waals surface area (Å²) >= 11 is 0. The first-order valence-corrected chi connectivity index (χ1v) is 23.0. The summed E-state index contributed by atoms with van der Waals surface area (Å²) < 4.78 is 0. The maximum Gasteiger partial charge on any atom is 0.245 e. The molecule has 0 rings (SSSR count). The van der Waals surface area contributed by atoms with Crippen molar-refractivity contribution in [3.63, 3.8) is 0 Å². The van der Waals surface area contributed by atoms with Gasteiger partial charge in [-0.1, -0.05) is 120 Å². The lowest BCUT2D eigenvalue weighted by Crippen LogP contribution is -2.18. The summed E-state index contributed by atoms with van der Waals surface area (Å²) in [5.41, 5.74) is 0. The molecule has 0 atom stereocenters. The first kappa shape index (κ1) is 69.7. The molecule has 0 saturated carbocycles. The van der Waals surface area contributed by atoms with Crippen molar-refractivity contribution in [2.24, 2.45) is 35.5 Å². The van der Waals surface area contributed by atoms with Gasteiger partial charge in [-0.25, -0.2) is 0 Å². The largest absolute Gasteiger partial charge is 0.391 e. The maximum absolute atomic E-state index is 11.0. The summed E-state index contributed by atoms with van der Waals surface area (Å²) in [5.74, 6) is 4.65. The van der Waals surface area contributed by atoms with E-state index in [2.05, 4.69) is 88.4 Å². The molecule has 0 heterocycles. The molecule has 62 heavy (non-hydrogen) atoms. The van der Waals surface area contributed by atoms with E-state index in [9.17, 15) is 24.0 Å². The Morgan fingerprint density at radius 2 is 0.694 bits per heavy atom. The second kappa shape index (κ2) is 49.6. The van der Waals surface area contributed by atoms with Crippen molar-refractivity contribution < 1.29 is 24.0 Å². The van der Waals surface area contributed by atoms with Crippen LogP contribution in [0.15, 0.2) is 73.0 Å². The topological polar surface area (TPSA) is 107 Å². The molecule has 0 radical (unpaired) electrons. The smallest absolute Gasteiger partial charge is 0.245 e. The second-order valence-electron chi connectivity index (χ2n) is 18.4. The zero-order chi connectivity index (χ0) is 49.6. The Bertz CT molecular complexity index is 1230. The van der Waals surface area contributed by atoms with Gasteiger partial charge in [0.2, 0.25) is 17.7 Å². The third-order valence-electron chi connectivity index (χ3n) is 7.57. The van der Waals surface area contributed by atoms with Crippen LogP contribution in [0.2, 0.25) is 0 Å². The Labute approximate surface area is 384 Å². The molecule has 0 unspecified atom stereocenters. The Kier molecular flexibility index (Phi) is 55.8. The fraction of sp³-hybridized carbons (Fsp3) is 0.679. The van der Waals surface area contributed by atoms with Gasteiger partial charge in [0.25, 0.3) is 0 Å². The van der Waals surface area contributed by atoms with Crippen molar-refractivity contribution >= 4 is 29.3 Å². The number of hydrogen-bond acceptors (Lipinski definition) is 6. The first-order chi connectivity index (χ1) is 28.6. The summed E-state index contributed by atoms with van der Waals surface area (Å²) in [4.78, 5) is 58.5. The number of amides is 3. The van der Waals surface area contributed by atoms with Crippen LogP contribution in [-0.2, 0) is 24.0 Å². The Hall–Kier alpha value is -4.01. The average Bonchev–Trinajstić information content (AvgIpc) is 3.14. The molecule has 0 aromatic rings. The van der Waals surface area contributed by atoms with Crippen LogP contribution in [0.25, 0.3) is 0 Å². The molecule has 1 N–H and O–H groups in total. The van der Waals surface area contributed by atoms with Gasteiger partial charge >= 0.3 is 0 Å². The highest BCUT2D eigenvalue weighted by molar-refractivity contribution is 5.88. The number of carbonyl (C=O) groups excluding carboxylic acids is 5. The molecule has 9 nitrogen and oxygen atoms in total. The number of ketones is 2. The van der Waals surface area contributed by atoms with Gasteiger partial charge in [-0.2, -0.15) is 0 Å². The van der Waals surface area contributed by atoms with Gasteiger partial charge in [-0.05, 0) is 144 Å². The number of nitrogens with one attached hydrogen (secondary N) is 1. The van der Waals surface area contributed by atoms with Crippen LogP contribution in [0.4, 0.5) is 0 Å². The highest BCUT2D eigenvalue weighted by Crippen LogP contribution is 2.05. The third kappa shape index (κ3) is 80.0. The second-order valence-corrected chi connectivity index (χ2v) is 18.4. The number of hydrogen-bond donors (Lipinski definition) is 1. The van der Waals surface area contributed by atoms with Crippen molar-refractivity contribution in [1.29, 1.82) is 0 Å². The van der Waals surface area contributed by atoms with Crippen molar-refractivity contribution in [2.75, 3.05) is 48.8 Å². The molecule has 0 spiro atoms. The Balaban J connectivity index is -0.000000153. The predicted octanol–water partition coefficient (Wildman–Crippen LogP) is 12.3. The van der Waals surface area contributed by atoms with E-state index in [0.717, 1.165) is 63.3 Å². The number of allylic oxidation sites excluding steroid dienone is 8. The van der Waals surface area contributed by atoms with Gasteiger partial charge in [0.1, 0.15) is 0 Å². The van der Waals surface area contributed by atoms with E-state index >= 15 is 0 Å². The SMILES string of the molecule is C/C=C/NCC(C)C.CC(=O)/C=C/CC(C)C.CC(=O)/C=C/CCC(C)C.CC(C)C/C=C/C(=O)N(C)C.CC(C)CC/C=C/C(=O)N(C)C.CC(C)CC/C=C/C(=O)N(C)C. The summed E-state index contributed by atoms with van der Waals surface area (Å²) in [5, 5.41) is 3.15. The minimum atomic E-state index is 0.0608. The van der Waals surface area contributed by atoms with Gasteiger partial charge in [0.15, 0.2) is 11.6 Å². The van der Waals surface area contributed by atoms with Gasteiger partial charge in [-0.15, -0.1) is 0 Å². The van der Waals surface area contributed by atoms with E-state index in [1.54, 1.807) is 101 Å². The summed E-state index contributed by atoms with van der Waals surface area (Å²) in [6.45, 7) is 32.2. The maximum atomic E-state index is 11.0. The third-order valence-corrected chi connectivity index (χ3v) is 7.57. The molecule has 0 aliphatic heterocycles. The zero-order valence-corrected chi connectivity index (χ0v) is 44.1. The predicted molar refractivity (Wildman–Crippen MR) is 272 cm³/mol. The molecule has 0 aromatic heterocycles. The monoisotopic (exact) mass is 873 g/mol. The van der Waals surface area contributed by atoms with Gasteiger partial charge in [0, 0.05) is 48.8 Å². The lowest BCUT2D eigenvalue weighted by Gasteiger charge is -2.05. The summed E-state index contributed by atoms with van der Waals surface area (Å²) in [6.07, 6.45) is 30.3. The normalized spacial score (nSPS) is 11.1. The Morgan fingerprint density at radius 1 is 0.419 bits per heavy atom. The number of carbonyl (C=O) groups is 5. The van der Waals surface area contributed by atoms with Crippen molar-refractivity contribution in [3.05, 3.63) is 73.0 Å². The number of nitrogens with zero attached hydrogens (tertiary/aromatic N) is 3. The highest BCUT2D eigenvalue weighted by atomic mass is 16.2. The van der Waals surface area contributed by atoms with Crippen LogP contribution >= 0.6 is 0 Å². The molecule has 0 saturated heterocycles. The number of likely N-dealkylation sites (N-methyl/N-ethyl adjacent to an activating group) is 3. The van der Waals surface area contributed by atoms with E-state index in [4.69, 9.17) is 0 Å². The molecule has 0 bridgehead atoms. The molecule has 9 heteroatoms. The van der Waals surface area contributed by atoms with Gasteiger partial charge in [-0.3, -0.25) is 24.0 Å². The lowest BCUT2D eigenvalue weighted by atomic mass is 10.1. The zero-order valence-electron chi connectivity index (χ0n) is 44.1. The van der Waals surface area contributed by atoms with Crippen molar-refractivity contribution in [2.45, 2.75) is 155 Å². The highest BCUT2D eigenvalue weighted by Gasteiger charge is 1.98.